The molecule has 1 heterocycles. The zero-order valence-electron chi connectivity index (χ0n) is 10.6. The maximum atomic E-state index is 10.5. The first kappa shape index (κ1) is 13.0. The molecule has 0 saturated carbocycles. The van der Waals surface area contributed by atoms with Gasteiger partial charge in [-0.15, -0.1) is 0 Å². The van der Waals surface area contributed by atoms with E-state index in [2.05, 4.69) is 6.08 Å². The first-order valence-electron chi connectivity index (χ1n) is 6.18. The summed E-state index contributed by atoms with van der Waals surface area (Å²) in [4.78, 5) is 10.5. The number of carboxylic acids is 1. The van der Waals surface area contributed by atoms with Crippen LogP contribution in [0.2, 0.25) is 0 Å². The minimum atomic E-state index is -0.777. The molecule has 0 fully saturated rings. The van der Waals surface area contributed by atoms with E-state index in [1.807, 2.05) is 65.5 Å². The lowest BCUT2D eigenvalue weighted by atomic mass is 10.1. The predicted octanol–water partition coefficient (Wildman–Crippen LogP) is 2.62. The van der Waals surface area contributed by atoms with Gasteiger partial charge in [0.05, 0.1) is 0 Å². The van der Waals surface area contributed by atoms with Crippen molar-refractivity contribution in [3.63, 3.8) is 0 Å². The van der Waals surface area contributed by atoms with Gasteiger partial charge < -0.3 is 5.11 Å². The Morgan fingerprint density at radius 3 is 2.16 bits per heavy atom. The monoisotopic (exact) mass is 254 g/mol. The molecule has 19 heavy (non-hydrogen) atoms. The highest BCUT2D eigenvalue weighted by molar-refractivity contribution is 5.69. The smallest absolute Gasteiger partial charge is 0.309 e. The average Bonchev–Trinajstić information content (AvgIpc) is 2.45. The first-order chi connectivity index (χ1) is 9.24. The highest BCUT2D eigenvalue weighted by atomic mass is 16.4. The van der Waals surface area contributed by atoms with Crippen molar-refractivity contribution < 1.29 is 14.5 Å². The highest BCUT2D eigenvalue weighted by Gasteiger charge is 2.03. The van der Waals surface area contributed by atoms with Crippen LogP contribution in [-0.2, 0) is 11.3 Å². The predicted molar refractivity (Wildman–Crippen MR) is 74.3 cm³/mol. The van der Waals surface area contributed by atoms with Crippen molar-refractivity contribution in [2.24, 2.45) is 0 Å². The molecule has 0 unspecified atom stereocenters. The summed E-state index contributed by atoms with van der Waals surface area (Å²) >= 11 is 0. The standard InChI is InChI=1S/C16H15NO2/c18-16(19)10-13-17-11-8-15(9-12-17)7-6-14-4-2-1-3-5-14/h1-9,11-12H,10,13H2/p+1/b7-6+. The van der Waals surface area contributed by atoms with E-state index >= 15 is 0 Å². The third-order valence-corrected chi connectivity index (χ3v) is 2.77. The molecule has 0 aliphatic carbocycles. The van der Waals surface area contributed by atoms with Gasteiger partial charge in [0, 0.05) is 12.1 Å². The number of benzene rings is 1. The Hall–Kier alpha value is -2.42. The quantitative estimate of drug-likeness (QED) is 0.833. The molecule has 0 amide bonds. The number of pyridine rings is 1. The van der Waals surface area contributed by atoms with Gasteiger partial charge in [-0.25, -0.2) is 4.57 Å². The molecule has 0 spiro atoms. The molecule has 1 N–H and O–H groups in total. The summed E-state index contributed by atoms with van der Waals surface area (Å²) in [5.74, 6) is -0.777. The summed E-state index contributed by atoms with van der Waals surface area (Å²) in [7, 11) is 0. The second-order valence-corrected chi connectivity index (χ2v) is 4.26. The summed E-state index contributed by atoms with van der Waals surface area (Å²) in [6.45, 7) is 0.498. The van der Waals surface area contributed by atoms with Crippen LogP contribution in [0.5, 0.6) is 0 Å². The molecular formula is C16H16NO2+. The van der Waals surface area contributed by atoms with Gasteiger partial charge in [-0.1, -0.05) is 42.5 Å². The van der Waals surface area contributed by atoms with Crippen LogP contribution < -0.4 is 4.57 Å². The van der Waals surface area contributed by atoms with Crippen molar-refractivity contribution in [1.29, 1.82) is 0 Å². The third kappa shape index (κ3) is 4.39. The largest absolute Gasteiger partial charge is 0.481 e. The zero-order chi connectivity index (χ0) is 13.5. The Balaban J connectivity index is 1.99. The summed E-state index contributed by atoms with van der Waals surface area (Å²) in [6, 6.07) is 14.0. The number of hydrogen-bond donors (Lipinski definition) is 1. The van der Waals surface area contributed by atoms with Crippen LogP contribution in [0.25, 0.3) is 12.2 Å². The molecule has 2 aromatic rings. The Kier molecular flexibility index (Phi) is 4.45. The van der Waals surface area contributed by atoms with Crippen molar-refractivity contribution in [2.75, 3.05) is 0 Å². The molecular weight excluding hydrogens is 238 g/mol. The van der Waals surface area contributed by atoms with Crippen molar-refractivity contribution in [2.45, 2.75) is 13.0 Å². The van der Waals surface area contributed by atoms with Crippen LogP contribution in [0.3, 0.4) is 0 Å². The lowest BCUT2D eigenvalue weighted by Crippen LogP contribution is -2.33. The van der Waals surface area contributed by atoms with Gasteiger partial charge in [0.15, 0.2) is 18.9 Å². The molecule has 0 saturated heterocycles. The van der Waals surface area contributed by atoms with Crippen LogP contribution in [0, 0.1) is 0 Å². The van der Waals surface area contributed by atoms with Gasteiger partial charge in [-0.2, -0.15) is 0 Å². The van der Waals surface area contributed by atoms with E-state index in [0.717, 1.165) is 11.1 Å². The SMILES string of the molecule is O=C(O)CC[n+]1ccc(/C=C/c2ccccc2)cc1. The normalized spacial score (nSPS) is 10.7. The number of carbonyl (C=O) groups is 1. The van der Waals surface area contributed by atoms with E-state index in [-0.39, 0.29) is 6.42 Å². The van der Waals surface area contributed by atoms with Gasteiger partial charge >= 0.3 is 5.97 Å². The maximum Gasteiger partial charge on any atom is 0.309 e. The van der Waals surface area contributed by atoms with Gasteiger partial charge in [-0.05, 0) is 11.1 Å². The van der Waals surface area contributed by atoms with E-state index in [9.17, 15) is 4.79 Å². The summed E-state index contributed by atoms with van der Waals surface area (Å²) in [6.07, 6.45) is 8.03. The van der Waals surface area contributed by atoms with E-state index in [0.29, 0.717) is 6.54 Å². The Morgan fingerprint density at radius 1 is 1.00 bits per heavy atom. The van der Waals surface area contributed by atoms with Gasteiger partial charge in [0.2, 0.25) is 0 Å². The second-order valence-electron chi connectivity index (χ2n) is 4.26. The minimum absolute atomic E-state index is 0.143. The van der Waals surface area contributed by atoms with Crippen LogP contribution in [0.1, 0.15) is 17.5 Å². The Bertz CT molecular complexity index is 559. The second kappa shape index (κ2) is 6.50. The van der Waals surface area contributed by atoms with E-state index < -0.39 is 5.97 Å². The Labute approximate surface area is 112 Å². The van der Waals surface area contributed by atoms with E-state index in [1.165, 1.54) is 0 Å². The molecule has 0 aliphatic heterocycles. The molecule has 3 nitrogen and oxygen atoms in total. The number of carboxylic acid groups (broad SMARTS) is 1. The summed E-state index contributed by atoms with van der Waals surface area (Å²) in [5.41, 5.74) is 2.25. The third-order valence-electron chi connectivity index (χ3n) is 2.77. The molecule has 0 aliphatic rings. The van der Waals surface area contributed by atoms with E-state index in [4.69, 9.17) is 5.11 Å². The number of hydrogen-bond acceptors (Lipinski definition) is 1. The van der Waals surface area contributed by atoms with Crippen LogP contribution in [0.4, 0.5) is 0 Å². The van der Waals surface area contributed by atoms with Gasteiger partial charge in [0.25, 0.3) is 0 Å². The van der Waals surface area contributed by atoms with Crippen LogP contribution >= 0.6 is 0 Å². The summed E-state index contributed by atoms with van der Waals surface area (Å²) in [5, 5.41) is 8.62. The van der Waals surface area contributed by atoms with Gasteiger partial charge in [-0.3, -0.25) is 4.79 Å². The Morgan fingerprint density at radius 2 is 1.58 bits per heavy atom. The van der Waals surface area contributed by atoms with Crippen molar-refractivity contribution in [3.8, 4) is 0 Å². The van der Waals surface area contributed by atoms with Crippen molar-refractivity contribution in [1.82, 2.24) is 0 Å². The lowest BCUT2D eigenvalue weighted by Gasteiger charge is -1.96. The summed E-state index contributed by atoms with van der Waals surface area (Å²) < 4.78 is 1.87. The molecule has 0 radical (unpaired) electrons. The van der Waals surface area contributed by atoms with Gasteiger partial charge in [0.1, 0.15) is 6.42 Å². The fourth-order valence-electron chi connectivity index (χ4n) is 1.71. The highest BCUT2D eigenvalue weighted by Crippen LogP contribution is 2.06. The fraction of sp³-hybridized carbons (Fsp3) is 0.125. The lowest BCUT2D eigenvalue weighted by molar-refractivity contribution is -0.696. The average molecular weight is 254 g/mol. The topological polar surface area (TPSA) is 41.2 Å². The van der Waals surface area contributed by atoms with Crippen molar-refractivity contribution in [3.05, 3.63) is 66.0 Å². The minimum Gasteiger partial charge on any atom is -0.481 e. The molecule has 0 bridgehead atoms. The molecule has 1 aromatic carbocycles. The van der Waals surface area contributed by atoms with Crippen molar-refractivity contribution >= 4 is 18.1 Å². The molecule has 2 rings (SSSR count). The molecule has 1 aromatic heterocycles. The number of aliphatic carboxylic acids is 1. The fourth-order valence-corrected chi connectivity index (χ4v) is 1.71. The molecule has 3 heteroatoms. The molecule has 96 valence electrons. The number of aryl methyl sites for hydroxylation is 1. The number of nitrogens with zero attached hydrogens (tertiary/aromatic N) is 1. The molecule has 0 atom stereocenters. The van der Waals surface area contributed by atoms with Crippen LogP contribution in [0.15, 0.2) is 54.9 Å². The van der Waals surface area contributed by atoms with E-state index in [1.54, 1.807) is 0 Å². The first-order valence-corrected chi connectivity index (χ1v) is 6.18. The number of aromatic nitrogens is 1. The number of rotatable bonds is 5. The zero-order valence-corrected chi connectivity index (χ0v) is 10.6. The maximum absolute atomic E-state index is 10.5. The van der Waals surface area contributed by atoms with Crippen LogP contribution in [-0.4, -0.2) is 11.1 Å².